The largest absolute Gasteiger partial charge is 0.493 e. The highest BCUT2D eigenvalue weighted by Gasteiger charge is 2.21. The highest BCUT2D eigenvalue weighted by atomic mass is 79.9. The molecule has 1 fully saturated rings. The highest BCUT2D eigenvalue weighted by Crippen LogP contribution is 2.36. The number of piperidine rings is 1. The van der Waals surface area contributed by atoms with Crippen LogP contribution < -0.4 is 14.8 Å². The number of nitrogens with one attached hydrogen (secondary N) is 1. The van der Waals surface area contributed by atoms with Gasteiger partial charge in [0, 0.05) is 31.1 Å². The van der Waals surface area contributed by atoms with Gasteiger partial charge in [-0.2, -0.15) is 0 Å². The first-order chi connectivity index (χ1) is 15.6. The summed E-state index contributed by atoms with van der Waals surface area (Å²) in [5.74, 6) is 2.57. The summed E-state index contributed by atoms with van der Waals surface area (Å²) in [4.78, 5) is 7.21. The van der Waals surface area contributed by atoms with Gasteiger partial charge in [-0.25, -0.2) is 4.98 Å². The molecule has 0 amide bonds. The van der Waals surface area contributed by atoms with Crippen molar-refractivity contribution < 1.29 is 9.47 Å². The third kappa shape index (κ3) is 5.48. The maximum absolute atomic E-state index is 6.32. The van der Waals surface area contributed by atoms with Crippen LogP contribution in [-0.2, 0) is 6.54 Å². The van der Waals surface area contributed by atoms with Crippen LogP contribution in [0.1, 0.15) is 32.3 Å². The maximum atomic E-state index is 6.32. The molecule has 1 aliphatic heterocycles. The second-order valence-electron chi connectivity index (χ2n) is 7.97. The van der Waals surface area contributed by atoms with Crippen molar-refractivity contribution in [1.82, 2.24) is 9.88 Å². The molecule has 1 saturated heterocycles. The van der Waals surface area contributed by atoms with Gasteiger partial charge in [0.25, 0.3) is 0 Å². The van der Waals surface area contributed by atoms with E-state index in [1.54, 1.807) is 0 Å². The van der Waals surface area contributed by atoms with Crippen molar-refractivity contribution in [1.29, 1.82) is 0 Å². The van der Waals surface area contributed by atoms with Crippen LogP contribution in [0.15, 0.2) is 46.9 Å². The monoisotopic (exact) mass is 517 g/mol. The Balaban J connectivity index is 1.37. The summed E-state index contributed by atoms with van der Waals surface area (Å²) in [5.41, 5.74) is 2.05. The Morgan fingerprint density at radius 2 is 1.75 bits per heavy atom. The molecule has 7 heteroatoms. The van der Waals surface area contributed by atoms with Crippen LogP contribution in [0.2, 0.25) is 5.02 Å². The highest BCUT2D eigenvalue weighted by molar-refractivity contribution is 9.10. The van der Waals surface area contributed by atoms with E-state index in [9.17, 15) is 0 Å². The van der Waals surface area contributed by atoms with Gasteiger partial charge in [-0.05, 0) is 78.5 Å². The fourth-order valence-electron chi connectivity index (χ4n) is 4.13. The van der Waals surface area contributed by atoms with Gasteiger partial charge in [0.2, 0.25) is 0 Å². The molecule has 32 heavy (non-hydrogen) atoms. The number of rotatable bonds is 8. The van der Waals surface area contributed by atoms with E-state index in [-0.39, 0.29) is 0 Å². The van der Waals surface area contributed by atoms with Crippen LogP contribution in [0.25, 0.3) is 10.9 Å². The zero-order valence-electron chi connectivity index (χ0n) is 18.5. The first-order valence-electron chi connectivity index (χ1n) is 11.2. The number of nitrogens with zero attached hydrogens (tertiary/aromatic N) is 2. The fourth-order valence-corrected chi connectivity index (χ4v) is 4.81. The minimum atomic E-state index is 0.404. The minimum Gasteiger partial charge on any atom is -0.493 e. The standard InChI is InChI=1S/C25H29BrClN3O2/c1-3-31-21-14-17(15-22(24(21)26)32-4-2)16-30-12-10-19(11-13-30)28-23-9-8-18-6-5-7-20(27)25(18)29-23/h5-9,14-15,19H,3-4,10-13,16H2,1-2H3,(H,28,29). The molecule has 0 aliphatic carbocycles. The lowest BCUT2D eigenvalue weighted by atomic mass is 10.0. The summed E-state index contributed by atoms with van der Waals surface area (Å²) in [7, 11) is 0. The predicted molar refractivity (Wildman–Crippen MR) is 135 cm³/mol. The lowest BCUT2D eigenvalue weighted by Gasteiger charge is -2.32. The van der Waals surface area contributed by atoms with Crippen molar-refractivity contribution in [3.63, 3.8) is 0 Å². The molecule has 4 rings (SSSR count). The maximum Gasteiger partial charge on any atom is 0.137 e. The zero-order valence-corrected chi connectivity index (χ0v) is 20.9. The second-order valence-corrected chi connectivity index (χ2v) is 9.18. The molecule has 0 bridgehead atoms. The van der Waals surface area contributed by atoms with Gasteiger partial charge in [-0.15, -0.1) is 0 Å². The number of hydrogen-bond donors (Lipinski definition) is 1. The number of likely N-dealkylation sites (tertiary alicyclic amines) is 1. The molecular weight excluding hydrogens is 490 g/mol. The molecule has 3 aromatic rings. The number of anilines is 1. The Morgan fingerprint density at radius 1 is 1.06 bits per heavy atom. The molecule has 0 spiro atoms. The van der Waals surface area contributed by atoms with E-state index in [0.29, 0.717) is 24.3 Å². The van der Waals surface area contributed by atoms with E-state index in [0.717, 1.165) is 65.2 Å². The van der Waals surface area contributed by atoms with Crippen molar-refractivity contribution in [3.05, 3.63) is 57.5 Å². The fraction of sp³-hybridized carbons (Fsp3) is 0.400. The summed E-state index contributed by atoms with van der Waals surface area (Å²) in [6.07, 6.45) is 2.13. The van der Waals surface area contributed by atoms with Crippen LogP contribution in [0.3, 0.4) is 0 Å². The van der Waals surface area contributed by atoms with Crippen molar-refractivity contribution >= 4 is 44.3 Å². The summed E-state index contributed by atoms with van der Waals surface area (Å²) in [6, 6.07) is 14.6. The third-order valence-electron chi connectivity index (χ3n) is 5.68. The number of aromatic nitrogens is 1. The van der Waals surface area contributed by atoms with Crippen LogP contribution in [0.4, 0.5) is 5.82 Å². The number of pyridine rings is 1. The van der Waals surface area contributed by atoms with Crippen LogP contribution in [0.5, 0.6) is 11.5 Å². The van der Waals surface area contributed by atoms with Crippen LogP contribution in [-0.4, -0.2) is 42.2 Å². The van der Waals surface area contributed by atoms with Gasteiger partial charge in [0.05, 0.1) is 23.8 Å². The number of ether oxygens (including phenoxy) is 2. The van der Waals surface area contributed by atoms with Gasteiger partial charge in [0.1, 0.15) is 21.8 Å². The molecule has 1 aliphatic rings. The molecule has 2 aromatic carbocycles. The Bertz CT molecular complexity index is 1040. The third-order valence-corrected chi connectivity index (χ3v) is 6.77. The van der Waals surface area contributed by atoms with Crippen LogP contribution in [0, 0.1) is 0 Å². The molecule has 0 atom stereocenters. The quantitative estimate of drug-likeness (QED) is 0.368. The lowest BCUT2D eigenvalue weighted by molar-refractivity contribution is 0.210. The number of para-hydroxylation sites is 1. The smallest absolute Gasteiger partial charge is 0.137 e. The number of fused-ring (bicyclic) bond motifs is 1. The van der Waals surface area contributed by atoms with Crippen molar-refractivity contribution in [2.45, 2.75) is 39.3 Å². The average molecular weight is 519 g/mol. The van der Waals surface area contributed by atoms with E-state index in [1.165, 1.54) is 5.56 Å². The van der Waals surface area contributed by atoms with E-state index < -0.39 is 0 Å². The van der Waals surface area contributed by atoms with Gasteiger partial charge in [-0.1, -0.05) is 23.7 Å². The van der Waals surface area contributed by atoms with E-state index >= 15 is 0 Å². The molecule has 170 valence electrons. The number of hydrogen-bond acceptors (Lipinski definition) is 5. The Morgan fingerprint density at radius 3 is 2.41 bits per heavy atom. The lowest BCUT2D eigenvalue weighted by Crippen LogP contribution is -2.38. The SMILES string of the molecule is CCOc1cc(CN2CCC(Nc3ccc4cccc(Cl)c4n3)CC2)cc(OCC)c1Br. The van der Waals surface area contributed by atoms with Crippen molar-refractivity contribution in [2.24, 2.45) is 0 Å². The molecular formula is C25H29BrClN3O2. The Labute approximate surface area is 203 Å². The first kappa shape index (κ1) is 23.1. The molecule has 1 aromatic heterocycles. The molecule has 0 radical (unpaired) electrons. The van der Waals surface area contributed by atoms with E-state index in [4.69, 9.17) is 26.1 Å². The average Bonchev–Trinajstić information content (AvgIpc) is 2.79. The van der Waals surface area contributed by atoms with Crippen molar-refractivity contribution in [2.75, 3.05) is 31.6 Å². The van der Waals surface area contributed by atoms with Gasteiger partial charge in [-0.3, -0.25) is 4.90 Å². The van der Waals surface area contributed by atoms with E-state index in [1.807, 2.05) is 38.1 Å². The summed E-state index contributed by atoms with van der Waals surface area (Å²) < 4.78 is 12.5. The molecule has 5 nitrogen and oxygen atoms in total. The molecule has 2 heterocycles. The normalized spacial score (nSPS) is 15.1. The first-order valence-corrected chi connectivity index (χ1v) is 12.4. The molecule has 0 saturated carbocycles. The molecule has 0 unspecified atom stereocenters. The van der Waals surface area contributed by atoms with E-state index in [2.05, 4.69) is 44.3 Å². The van der Waals surface area contributed by atoms with Gasteiger partial charge < -0.3 is 14.8 Å². The van der Waals surface area contributed by atoms with Gasteiger partial charge in [0.15, 0.2) is 0 Å². The minimum absolute atomic E-state index is 0.404. The summed E-state index contributed by atoms with van der Waals surface area (Å²) in [5, 5.41) is 5.35. The topological polar surface area (TPSA) is 46.6 Å². The molecule has 1 N–H and O–H groups in total. The summed E-state index contributed by atoms with van der Waals surface area (Å²) >= 11 is 9.94. The Kier molecular flexibility index (Phi) is 7.76. The number of halogens is 2. The predicted octanol–water partition coefficient (Wildman–Crippen LogP) is 6.52. The second kappa shape index (κ2) is 10.7. The Hall–Kier alpha value is -2.02. The number of benzene rings is 2. The zero-order chi connectivity index (χ0) is 22.5. The van der Waals surface area contributed by atoms with Crippen LogP contribution >= 0.6 is 27.5 Å². The summed E-state index contributed by atoms with van der Waals surface area (Å²) in [6.45, 7) is 8.17. The van der Waals surface area contributed by atoms with Gasteiger partial charge >= 0.3 is 0 Å². The van der Waals surface area contributed by atoms with Crippen molar-refractivity contribution in [3.8, 4) is 11.5 Å².